The number of hydrogen-bond donors (Lipinski definition) is 2. The lowest BCUT2D eigenvalue weighted by Crippen LogP contribution is -2.38. The zero-order valence-electron chi connectivity index (χ0n) is 16.2. The van der Waals surface area contributed by atoms with Crippen molar-refractivity contribution in [2.24, 2.45) is 4.99 Å². The van der Waals surface area contributed by atoms with Crippen molar-refractivity contribution in [1.82, 2.24) is 20.6 Å². The maximum atomic E-state index is 12.6. The zero-order valence-corrected chi connectivity index (χ0v) is 20.1. The fraction of sp³-hybridized carbons (Fsp3) is 0.588. The summed E-state index contributed by atoms with van der Waals surface area (Å²) in [7, 11) is 0. The molecule has 158 valence electrons. The lowest BCUT2D eigenvalue weighted by atomic mass is 9.93. The Morgan fingerprint density at radius 2 is 1.64 bits per heavy atom. The van der Waals surface area contributed by atoms with Crippen molar-refractivity contribution in [3.05, 3.63) is 32.2 Å². The van der Waals surface area contributed by atoms with Crippen molar-refractivity contribution in [2.75, 3.05) is 13.1 Å². The SMILES string of the molecule is CCNC(=NCc1nc(C(C)(C)C)cs1)NCCc1nc(C(F)(F)F)cs1.I. The number of hydrogen-bond acceptors (Lipinski definition) is 5. The average Bonchev–Trinajstić information content (AvgIpc) is 3.21. The Labute approximate surface area is 188 Å². The lowest BCUT2D eigenvalue weighted by molar-refractivity contribution is -0.140. The minimum atomic E-state index is -4.39. The van der Waals surface area contributed by atoms with Crippen LogP contribution in [0.25, 0.3) is 0 Å². The fourth-order valence-electron chi connectivity index (χ4n) is 2.06. The van der Waals surface area contributed by atoms with Gasteiger partial charge in [0.1, 0.15) is 5.01 Å². The zero-order chi connectivity index (χ0) is 20.1. The molecule has 2 heterocycles. The first-order chi connectivity index (χ1) is 12.6. The summed E-state index contributed by atoms with van der Waals surface area (Å²) in [6.45, 7) is 9.88. The molecule has 28 heavy (non-hydrogen) atoms. The lowest BCUT2D eigenvalue weighted by Gasteiger charge is -2.14. The van der Waals surface area contributed by atoms with Crippen molar-refractivity contribution in [2.45, 2.75) is 52.3 Å². The van der Waals surface area contributed by atoms with Crippen LogP contribution < -0.4 is 10.6 Å². The summed E-state index contributed by atoms with van der Waals surface area (Å²) in [5.41, 5.74) is 0.214. The Balaban J connectivity index is 0.00000392. The highest BCUT2D eigenvalue weighted by Gasteiger charge is 2.33. The highest BCUT2D eigenvalue weighted by Crippen LogP contribution is 2.30. The van der Waals surface area contributed by atoms with Crippen molar-refractivity contribution < 1.29 is 13.2 Å². The molecule has 0 aliphatic rings. The van der Waals surface area contributed by atoms with E-state index in [-0.39, 0.29) is 29.4 Å². The number of aromatic nitrogens is 2. The van der Waals surface area contributed by atoms with Crippen LogP contribution in [0.2, 0.25) is 0 Å². The highest BCUT2D eigenvalue weighted by atomic mass is 127. The van der Waals surface area contributed by atoms with Gasteiger partial charge < -0.3 is 10.6 Å². The van der Waals surface area contributed by atoms with Gasteiger partial charge in [0.15, 0.2) is 11.7 Å². The molecule has 2 rings (SSSR count). The summed E-state index contributed by atoms with van der Waals surface area (Å²) in [6, 6.07) is 0. The number of guanidine groups is 1. The van der Waals surface area contributed by atoms with Gasteiger partial charge in [-0.25, -0.2) is 15.0 Å². The summed E-state index contributed by atoms with van der Waals surface area (Å²) in [5, 5.41) is 10.7. The number of rotatable bonds is 6. The number of aliphatic imine (C=N–C) groups is 1. The molecule has 0 bridgehead atoms. The molecule has 0 saturated carbocycles. The Morgan fingerprint density at radius 1 is 1.04 bits per heavy atom. The van der Waals surface area contributed by atoms with E-state index in [1.54, 1.807) is 11.3 Å². The van der Waals surface area contributed by atoms with Crippen molar-refractivity contribution in [3.63, 3.8) is 0 Å². The summed E-state index contributed by atoms with van der Waals surface area (Å²) in [5.74, 6) is 0.609. The minimum Gasteiger partial charge on any atom is -0.357 e. The third kappa shape index (κ3) is 7.82. The molecule has 0 aliphatic carbocycles. The second kappa shape index (κ2) is 10.7. The van der Waals surface area contributed by atoms with Crippen molar-refractivity contribution in [3.8, 4) is 0 Å². The smallest absolute Gasteiger partial charge is 0.357 e. The number of nitrogens with zero attached hydrogens (tertiary/aromatic N) is 3. The third-order valence-corrected chi connectivity index (χ3v) is 5.25. The van der Waals surface area contributed by atoms with Crippen LogP contribution in [0.5, 0.6) is 0 Å². The van der Waals surface area contributed by atoms with E-state index in [0.29, 0.717) is 37.0 Å². The van der Waals surface area contributed by atoms with Gasteiger partial charge in [-0.2, -0.15) is 13.2 Å². The molecule has 0 spiro atoms. The summed E-state index contributed by atoms with van der Waals surface area (Å²) >= 11 is 2.59. The van der Waals surface area contributed by atoms with E-state index < -0.39 is 11.9 Å². The van der Waals surface area contributed by atoms with Crippen LogP contribution in [0, 0.1) is 0 Å². The van der Waals surface area contributed by atoms with Crippen LogP contribution in [0.1, 0.15) is 49.1 Å². The largest absolute Gasteiger partial charge is 0.434 e. The number of alkyl halides is 3. The van der Waals surface area contributed by atoms with E-state index in [4.69, 9.17) is 0 Å². The van der Waals surface area contributed by atoms with Gasteiger partial charge in [0.05, 0.1) is 17.2 Å². The molecule has 0 aliphatic heterocycles. The predicted molar refractivity (Wildman–Crippen MR) is 120 cm³/mol. The van der Waals surface area contributed by atoms with Gasteiger partial charge in [-0.05, 0) is 6.92 Å². The topological polar surface area (TPSA) is 62.2 Å². The first kappa shape index (κ1) is 25.1. The monoisotopic (exact) mass is 547 g/mol. The molecule has 0 atom stereocenters. The molecule has 0 aromatic carbocycles. The van der Waals surface area contributed by atoms with Crippen molar-refractivity contribution >= 4 is 52.6 Å². The summed E-state index contributed by atoms with van der Waals surface area (Å²) in [4.78, 5) is 12.7. The molecule has 11 heteroatoms. The van der Waals surface area contributed by atoms with Crippen LogP contribution in [0.15, 0.2) is 15.8 Å². The van der Waals surface area contributed by atoms with Gasteiger partial charge in [-0.15, -0.1) is 46.7 Å². The predicted octanol–water partition coefficient (Wildman–Crippen LogP) is 4.83. The molecule has 2 aromatic rings. The first-order valence-corrected chi connectivity index (χ1v) is 10.3. The van der Waals surface area contributed by atoms with Gasteiger partial charge in [0.2, 0.25) is 0 Å². The Bertz CT molecular complexity index is 765. The second-order valence-electron chi connectivity index (χ2n) is 6.87. The molecule has 0 radical (unpaired) electrons. The van der Waals surface area contributed by atoms with Crippen molar-refractivity contribution in [1.29, 1.82) is 0 Å². The van der Waals surface area contributed by atoms with Crippen LogP contribution in [0.4, 0.5) is 13.2 Å². The molecule has 0 amide bonds. The Morgan fingerprint density at radius 3 is 2.18 bits per heavy atom. The first-order valence-electron chi connectivity index (χ1n) is 8.58. The van der Waals surface area contributed by atoms with E-state index in [2.05, 4.69) is 46.4 Å². The maximum absolute atomic E-state index is 12.6. The normalized spacial score (nSPS) is 12.6. The number of thiazole rings is 2. The highest BCUT2D eigenvalue weighted by molar-refractivity contribution is 14.0. The van der Waals surface area contributed by atoms with Crippen LogP contribution in [-0.4, -0.2) is 29.0 Å². The van der Waals surface area contributed by atoms with Gasteiger partial charge in [-0.1, -0.05) is 20.8 Å². The Hall–Kier alpha value is -0.950. The van der Waals surface area contributed by atoms with Gasteiger partial charge in [0, 0.05) is 35.7 Å². The molecular formula is C17H25F3IN5S2. The Kier molecular flexibility index (Phi) is 9.60. The molecule has 5 nitrogen and oxygen atoms in total. The van der Waals surface area contributed by atoms with Crippen LogP contribution >= 0.6 is 46.7 Å². The van der Waals surface area contributed by atoms with Gasteiger partial charge in [-0.3, -0.25) is 0 Å². The molecule has 2 N–H and O–H groups in total. The molecule has 0 fully saturated rings. The van der Waals surface area contributed by atoms with Gasteiger partial charge >= 0.3 is 6.18 Å². The third-order valence-electron chi connectivity index (χ3n) is 3.51. The quantitative estimate of drug-likeness (QED) is 0.309. The van der Waals surface area contributed by atoms with E-state index in [1.807, 2.05) is 12.3 Å². The minimum absolute atomic E-state index is 0. The molecule has 0 saturated heterocycles. The van der Waals surface area contributed by atoms with E-state index >= 15 is 0 Å². The van der Waals surface area contributed by atoms with E-state index in [1.165, 1.54) is 0 Å². The molecule has 0 unspecified atom stereocenters. The summed E-state index contributed by atoms with van der Waals surface area (Å²) < 4.78 is 37.8. The second-order valence-corrected chi connectivity index (χ2v) is 8.76. The molecular weight excluding hydrogens is 522 g/mol. The fourth-order valence-corrected chi connectivity index (χ4v) is 3.81. The average molecular weight is 547 g/mol. The number of halogens is 4. The number of nitrogens with one attached hydrogen (secondary N) is 2. The van der Waals surface area contributed by atoms with Crippen LogP contribution in [0.3, 0.4) is 0 Å². The summed E-state index contributed by atoms with van der Waals surface area (Å²) in [6.07, 6.45) is -3.99. The van der Waals surface area contributed by atoms with Crippen LogP contribution in [-0.2, 0) is 24.6 Å². The van der Waals surface area contributed by atoms with E-state index in [9.17, 15) is 13.2 Å². The van der Waals surface area contributed by atoms with Gasteiger partial charge in [0.25, 0.3) is 0 Å². The standard InChI is InChI=1S/C17H24F3N5S2.HI/c1-5-21-15(23-8-14-24-11(9-27-14)16(2,3)4)22-7-6-13-25-12(10-26-13)17(18,19)20;/h9-10H,5-8H2,1-4H3,(H2,21,22,23);1H. The van der Waals surface area contributed by atoms with E-state index in [0.717, 1.165) is 27.4 Å². The molecule has 2 aromatic heterocycles. The maximum Gasteiger partial charge on any atom is 0.434 e.